The van der Waals surface area contributed by atoms with E-state index in [9.17, 15) is 13.2 Å². The molecule has 1 aromatic heterocycles. The van der Waals surface area contributed by atoms with Gasteiger partial charge in [0.2, 0.25) is 5.91 Å². The Bertz CT molecular complexity index is 859. The summed E-state index contributed by atoms with van der Waals surface area (Å²) in [5.74, 6) is 0.00981. The molecule has 140 valence electrons. The second-order valence-electron chi connectivity index (χ2n) is 7.44. The maximum absolute atomic E-state index is 12.7. The number of carbonyl (C=O) groups excluding carboxylic acids is 1. The third kappa shape index (κ3) is 2.80. The molecule has 2 fully saturated rings. The standard InChI is InChI=1S/C18H23N3O4S/c1-13-6-8-19-17(20-13)25-10-15-7-9-26(23,24)18(15)11-21(12-18)16(22)14-4-2-3-5-14/h4,6,8,15H,2-3,5,7,9-12H2,1H3. The van der Waals surface area contributed by atoms with Gasteiger partial charge in [0.25, 0.3) is 0 Å². The van der Waals surface area contributed by atoms with Crippen LogP contribution in [0.3, 0.4) is 0 Å². The predicted octanol–water partition coefficient (Wildman–Crippen LogP) is 1.29. The third-order valence-corrected chi connectivity index (χ3v) is 8.41. The van der Waals surface area contributed by atoms with Gasteiger partial charge in [-0.05, 0) is 38.7 Å². The molecule has 1 aromatic rings. The fraction of sp³-hybridized carbons (Fsp3) is 0.611. The molecular formula is C18H23N3O4S. The quantitative estimate of drug-likeness (QED) is 0.785. The van der Waals surface area contributed by atoms with Crippen LogP contribution in [0, 0.1) is 12.8 Å². The number of likely N-dealkylation sites (tertiary alicyclic amines) is 1. The number of nitrogens with zero attached hydrogens (tertiary/aromatic N) is 3. The van der Waals surface area contributed by atoms with Crippen molar-refractivity contribution >= 4 is 15.7 Å². The number of carbonyl (C=O) groups is 1. The van der Waals surface area contributed by atoms with Crippen LogP contribution >= 0.6 is 0 Å². The zero-order valence-electron chi connectivity index (χ0n) is 14.8. The van der Waals surface area contributed by atoms with Crippen LogP contribution in [0.15, 0.2) is 23.9 Å². The van der Waals surface area contributed by atoms with Gasteiger partial charge in [0.1, 0.15) is 4.75 Å². The van der Waals surface area contributed by atoms with Crippen LogP contribution in [0.25, 0.3) is 0 Å². The Hall–Kier alpha value is -1.96. The number of allylic oxidation sites excluding steroid dienone is 1. The first-order valence-corrected chi connectivity index (χ1v) is 10.7. The van der Waals surface area contributed by atoms with E-state index in [0.717, 1.165) is 30.5 Å². The number of sulfone groups is 1. The lowest BCUT2D eigenvalue weighted by Gasteiger charge is -2.49. The van der Waals surface area contributed by atoms with Crippen molar-refractivity contribution in [3.8, 4) is 6.01 Å². The molecule has 1 aliphatic carbocycles. The Morgan fingerprint density at radius 2 is 2.23 bits per heavy atom. The minimum Gasteiger partial charge on any atom is -0.463 e. The molecule has 0 bridgehead atoms. The normalized spacial score (nSPS) is 25.8. The molecule has 7 nitrogen and oxygen atoms in total. The fourth-order valence-electron chi connectivity index (χ4n) is 4.19. The number of rotatable bonds is 4. The summed E-state index contributed by atoms with van der Waals surface area (Å²) in [6.45, 7) is 2.65. The van der Waals surface area contributed by atoms with E-state index < -0.39 is 14.6 Å². The maximum Gasteiger partial charge on any atom is 0.316 e. The average molecular weight is 377 g/mol. The lowest BCUT2D eigenvalue weighted by atomic mass is 9.83. The summed E-state index contributed by atoms with van der Waals surface area (Å²) in [6.07, 6.45) is 6.89. The molecule has 1 atom stereocenters. The second kappa shape index (κ2) is 6.33. The smallest absolute Gasteiger partial charge is 0.316 e. The molecule has 0 radical (unpaired) electrons. The van der Waals surface area contributed by atoms with Crippen LogP contribution in [-0.4, -0.2) is 59.4 Å². The predicted molar refractivity (Wildman–Crippen MR) is 95.4 cm³/mol. The molecule has 1 spiro atoms. The summed E-state index contributed by atoms with van der Waals surface area (Å²) >= 11 is 0. The van der Waals surface area contributed by atoms with E-state index in [1.165, 1.54) is 0 Å². The highest BCUT2D eigenvalue weighted by Gasteiger charge is 2.62. The Morgan fingerprint density at radius 3 is 2.92 bits per heavy atom. The number of aryl methyl sites for hydroxylation is 1. The van der Waals surface area contributed by atoms with Crippen molar-refractivity contribution in [3.63, 3.8) is 0 Å². The molecule has 1 amide bonds. The number of hydrogen-bond acceptors (Lipinski definition) is 6. The van der Waals surface area contributed by atoms with Crippen molar-refractivity contribution in [2.24, 2.45) is 5.92 Å². The molecule has 0 saturated carbocycles. The van der Waals surface area contributed by atoms with E-state index in [-0.39, 0.29) is 43.3 Å². The summed E-state index contributed by atoms with van der Waals surface area (Å²) in [5.41, 5.74) is 1.63. The van der Waals surface area contributed by atoms with Crippen molar-refractivity contribution in [1.82, 2.24) is 14.9 Å². The lowest BCUT2D eigenvalue weighted by molar-refractivity contribution is -0.133. The van der Waals surface area contributed by atoms with Gasteiger partial charge in [-0.25, -0.2) is 18.4 Å². The zero-order chi connectivity index (χ0) is 18.4. The van der Waals surface area contributed by atoms with Crippen LogP contribution in [0.2, 0.25) is 0 Å². The molecule has 0 aromatic carbocycles. The summed E-state index contributed by atoms with van der Waals surface area (Å²) in [6, 6.07) is 2.05. The number of amides is 1. The Labute approximate surface area is 153 Å². The van der Waals surface area contributed by atoms with Gasteiger partial charge in [0.05, 0.1) is 12.4 Å². The monoisotopic (exact) mass is 377 g/mol. The average Bonchev–Trinajstić information content (AvgIpc) is 3.17. The highest BCUT2D eigenvalue weighted by molar-refractivity contribution is 7.93. The van der Waals surface area contributed by atoms with Crippen molar-refractivity contribution in [2.75, 3.05) is 25.4 Å². The Kier molecular flexibility index (Phi) is 4.25. The SMILES string of the molecule is Cc1ccnc(OCC2CCS(=O)(=O)C23CN(C(=O)C2=CCCC2)C3)n1. The molecule has 3 aliphatic rings. The third-order valence-electron chi connectivity index (χ3n) is 5.80. The van der Waals surface area contributed by atoms with Crippen molar-refractivity contribution in [2.45, 2.75) is 37.4 Å². The van der Waals surface area contributed by atoms with E-state index >= 15 is 0 Å². The molecule has 8 heteroatoms. The van der Waals surface area contributed by atoms with E-state index in [1.807, 2.05) is 13.0 Å². The maximum atomic E-state index is 12.7. The molecule has 1 unspecified atom stereocenters. The fourth-order valence-corrected chi connectivity index (χ4v) is 6.59. The van der Waals surface area contributed by atoms with Gasteiger partial charge in [-0.2, -0.15) is 0 Å². The summed E-state index contributed by atoms with van der Waals surface area (Å²) < 4.78 is 30.2. The van der Waals surface area contributed by atoms with Gasteiger partial charge in [-0.3, -0.25) is 4.79 Å². The molecule has 2 saturated heterocycles. The highest BCUT2D eigenvalue weighted by atomic mass is 32.2. The van der Waals surface area contributed by atoms with E-state index in [1.54, 1.807) is 17.2 Å². The highest BCUT2D eigenvalue weighted by Crippen LogP contribution is 2.45. The first kappa shape index (κ1) is 17.5. The number of aromatic nitrogens is 2. The topological polar surface area (TPSA) is 89.5 Å². The zero-order valence-corrected chi connectivity index (χ0v) is 15.7. The first-order valence-electron chi connectivity index (χ1n) is 9.04. The molecular weight excluding hydrogens is 354 g/mol. The summed E-state index contributed by atoms with van der Waals surface area (Å²) in [7, 11) is -3.24. The Morgan fingerprint density at radius 1 is 1.42 bits per heavy atom. The van der Waals surface area contributed by atoms with E-state index in [2.05, 4.69) is 9.97 Å². The molecule has 2 aliphatic heterocycles. The summed E-state index contributed by atoms with van der Waals surface area (Å²) in [4.78, 5) is 22.5. The van der Waals surface area contributed by atoms with Crippen molar-refractivity contribution in [1.29, 1.82) is 0 Å². The van der Waals surface area contributed by atoms with Gasteiger partial charge in [0.15, 0.2) is 9.84 Å². The molecule has 3 heterocycles. The van der Waals surface area contributed by atoms with Crippen molar-refractivity contribution < 1.29 is 17.9 Å². The van der Waals surface area contributed by atoms with Crippen LogP contribution in [0.1, 0.15) is 31.4 Å². The number of hydrogen-bond donors (Lipinski definition) is 0. The Balaban J connectivity index is 1.45. The first-order chi connectivity index (χ1) is 12.4. The molecule has 0 N–H and O–H groups in total. The second-order valence-corrected chi connectivity index (χ2v) is 9.89. The van der Waals surface area contributed by atoms with Crippen molar-refractivity contribution in [3.05, 3.63) is 29.6 Å². The minimum atomic E-state index is -3.24. The molecule has 26 heavy (non-hydrogen) atoms. The number of ether oxygens (including phenoxy) is 1. The van der Waals surface area contributed by atoms with Gasteiger partial charge in [0, 0.05) is 36.5 Å². The van der Waals surface area contributed by atoms with Crippen LogP contribution < -0.4 is 4.74 Å². The van der Waals surface area contributed by atoms with Crippen LogP contribution in [0.4, 0.5) is 0 Å². The molecule has 4 rings (SSSR count). The largest absolute Gasteiger partial charge is 0.463 e. The van der Waals surface area contributed by atoms with Gasteiger partial charge >= 0.3 is 6.01 Å². The van der Waals surface area contributed by atoms with Crippen LogP contribution in [-0.2, 0) is 14.6 Å². The van der Waals surface area contributed by atoms with E-state index in [0.29, 0.717) is 6.42 Å². The van der Waals surface area contributed by atoms with Crippen LogP contribution in [0.5, 0.6) is 6.01 Å². The summed E-state index contributed by atoms with van der Waals surface area (Å²) in [5, 5.41) is 0. The van der Waals surface area contributed by atoms with Gasteiger partial charge in [-0.1, -0.05) is 6.08 Å². The minimum absolute atomic E-state index is 0.00286. The van der Waals surface area contributed by atoms with Gasteiger partial charge in [-0.15, -0.1) is 0 Å². The van der Waals surface area contributed by atoms with Gasteiger partial charge < -0.3 is 9.64 Å². The van der Waals surface area contributed by atoms with E-state index in [4.69, 9.17) is 4.74 Å². The lowest BCUT2D eigenvalue weighted by Crippen LogP contribution is -2.69.